The minimum absolute atomic E-state index is 0.0619. The highest BCUT2D eigenvalue weighted by Crippen LogP contribution is 2.44. The molecule has 4 N–H and O–H groups in total. The molecular weight excluding hydrogens is 269 g/mol. The van der Waals surface area contributed by atoms with Crippen LogP contribution in [-0.4, -0.2) is 36.2 Å². The van der Waals surface area contributed by atoms with Crippen LogP contribution in [0.4, 0.5) is 10.1 Å². The molecule has 1 aliphatic carbocycles. The minimum atomic E-state index is -0.363. The highest BCUT2D eigenvalue weighted by atomic mass is 19.1. The fourth-order valence-electron chi connectivity index (χ4n) is 3.85. The van der Waals surface area contributed by atoms with E-state index in [4.69, 9.17) is 5.73 Å². The molecule has 4 nitrogen and oxygen atoms in total. The van der Waals surface area contributed by atoms with Crippen LogP contribution in [0.15, 0.2) is 12.1 Å². The number of halogens is 1. The topological polar surface area (TPSA) is 61.5 Å². The van der Waals surface area contributed by atoms with Crippen molar-refractivity contribution in [2.24, 2.45) is 5.92 Å². The van der Waals surface area contributed by atoms with Crippen molar-refractivity contribution in [2.45, 2.75) is 31.7 Å². The zero-order valence-corrected chi connectivity index (χ0v) is 12.3. The van der Waals surface area contributed by atoms with Crippen LogP contribution in [0.1, 0.15) is 37.3 Å². The molecule has 0 spiro atoms. The third kappa shape index (κ3) is 2.99. The van der Waals surface area contributed by atoms with Gasteiger partial charge in [0.1, 0.15) is 11.6 Å². The average Bonchev–Trinajstić information content (AvgIpc) is 2.99. The SMILES string of the molecule is Nc1cc(F)cc([C@@H](C2CCCC2)N2CCNCC2)c1O. The Balaban J connectivity index is 1.97. The fraction of sp³-hybridized carbons (Fsp3) is 0.625. The standard InChI is InChI=1S/C16H24FN3O/c17-12-9-13(16(21)14(18)10-12)15(11-3-1-2-4-11)20-7-5-19-6-8-20/h9-11,15,19,21H,1-8,18H2/t15-/m1/s1. The monoisotopic (exact) mass is 293 g/mol. The Morgan fingerprint density at radius 1 is 1.24 bits per heavy atom. The normalized spacial score (nSPS) is 22.5. The van der Waals surface area contributed by atoms with Crippen LogP contribution in [0.3, 0.4) is 0 Å². The zero-order valence-electron chi connectivity index (χ0n) is 12.3. The van der Waals surface area contributed by atoms with Gasteiger partial charge in [-0.25, -0.2) is 4.39 Å². The van der Waals surface area contributed by atoms with E-state index in [1.54, 1.807) is 0 Å². The maximum Gasteiger partial charge on any atom is 0.143 e. The smallest absolute Gasteiger partial charge is 0.143 e. The number of phenolic OH excluding ortho intramolecular Hbond substituents is 1. The van der Waals surface area contributed by atoms with Crippen molar-refractivity contribution in [3.63, 3.8) is 0 Å². The molecule has 2 aliphatic rings. The van der Waals surface area contributed by atoms with E-state index in [2.05, 4.69) is 10.2 Å². The Labute approximate surface area is 125 Å². The predicted molar refractivity (Wildman–Crippen MR) is 81.6 cm³/mol. The summed E-state index contributed by atoms with van der Waals surface area (Å²) in [6, 6.07) is 2.74. The van der Waals surface area contributed by atoms with Crippen LogP contribution in [0.2, 0.25) is 0 Å². The Bertz CT molecular complexity index is 497. The molecule has 1 aromatic carbocycles. The first-order valence-corrected chi connectivity index (χ1v) is 7.89. The van der Waals surface area contributed by atoms with Crippen molar-refractivity contribution >= 4 is 5.69 Å². The quantitative estimate of drug-likeness (QED) is 0.591. The lowest BCUT2D eigenvalue weighted by Crippen LogP contribution is -2.46. The summed E-state index contributed by atoms with van der Waals surface area (Å²) >= 11 is 0. The molecule has 0 amide bonds. The van der Waals surface area contributed by atoms with Crippen LogP contribution in [0, 0.1) is 11.7 Å². The molecule has 0 radical (unpaired) electrons. The number of piperazine rings is 1. The molecule has 1 aromatic rings. The lowest BCUT2D eigenvalue weighted by Gasteiger charge is -2.39. The third-order valence-corrected chi connectivity index (χ3v) is 4.84. The highest BCUT2D eigenvalue weighted by Gasteiger charge is 2.34. The second kappa shape index (κ2) is 6.20. The van der Waals surface area contributed by atoms with E-state index < -0.39 is 0 Å². The predicted octanol–water partition coefficient (Wildman–Crippen LogP) is 2.25. The summed E-state index contributed by atoms with van der Waals surface area (Å²) in [7, 11) is 0. The second-order valence-electron chi connectivity index (χ2n) is 6.21. The van der Waals surface area contributed by atoms with Gasteiger partial charge < -0.3 is 16.2 Å². The van der Waals surface area contributed by atoms with E-state index in [0.717, 1.165) is 39.0 Å². The lowest BCUT2D eigenvalue weighted by molar-refractivity contribution is 0.123. The molecular formula is C16H24FN3O. The van der Waals surface area contributed by atoms with E-state index in [1.807, 2.05) is 0 Å². The van der Waals surface area contributed by atoms with Gasteiger partial charge in [0, 0.05) is 43.9 Å². The first-order chi connectivity index (χ1) is 10.2. The number of nitrogens with one attached hydrogen (secondary N) is 1. The summed E-state index contributed by atoms with van der Waals surface area (Å²) in [6.07, 6.45) is 4.73. The van der Waals surface area contributed by atoms with E-state index in [0.29, 0.717) is 11.5 Å². The van der Waals surface area contributed by atoms with Gasteiger partial charge in [0.25, 0.3) is 0 Å². The summed E-state index contributed by atoms with van der Waals surface area (Å²) in [6.45, 7) is 3.73. The maximum absolute atomic E-state index is 13.8. The number of nitrogen functional groups attached to an aromatic ring is 1. The van der Waals surface area contributed by atoms with Gasteiger partial charge in [-0.3, -0.25) is 4.90 Å². The molecule has 2 fully saturated rings. The Hall–Kier alpha value is -1.33. The van der Waals surface area contributed by atoms with Crippen LogP contribution in [-0.2, 0) is 0 Å². The van der Waals surface area contributed by atoms with Gasteiger partial charge in [-0.1, -0.05) is 12.8 Å². The summed E-state index contributed by atoms with van der Waals surface area (Å²) in [5.41, 5.74) is 6.58. The molecule has 1 atom stereocenters. The number of benzene rings is 1. The van der Waals surface area contributed by atoms with Crippen molar-refractivity contribution in [3.8, 4) is 5.75 Å². The van der Waals surface area contributed by atoms with Gasteiger partial charge in [0.15, 0.2) is 0 Å². The summed E-state index contributed by atoms with van der Waals surface area (Å²) in [5.74, 6) is 0.181. The summed E-state index contributed by atoms with van der Waals surface area (Å²) in [4.78, 5) is 2.38. The van der Waals surface area contributed by atoms with Gasteiger partial charge in [-0.2, -0.15) is 0 Å². The van der Waals surface area contributed by atoms with Gasteiger partial charge in [-0.15, -0.1) is 0 Å². The van der Waals surface area contributed by atoms with Gasteiger partial charge in [0.2, 0.25) is 0 Å². The fourth-order valence-corrected chi connectivity index (χ4v) is 3.85. The number of anilines is 1. The molecule has 5 heteroatoms. The number of nitrogens with zero attached hydrogens (tertiary/aromatic N) is 1. The maximum atomic E-state index is 13.8. The lowest BCUT2D eigenvalue weighted by atomic mass is 9.88. The van der Waals surface area contributed by atoms with Gasteiger partial charge >= 0.3 is 0 Å². The molecule has 21 heavy (non-hydrogen) atoms. The molecule has 0 bridgehead atoms. The van der Waals surface area contributed by atoms with Crippen LogP contribution >= 0.6 is 0 Å². The van der Waals surface area contributed by atoms with Crippen molar-refractivity contribution in [3.05, 3.63) is 23.5 Å². The van der Waals surface area contributed by atoms with Crippen molar-refractivity contribution < 1.29 is 9.50 Å². The first kappa shape index (κ1) is 14.6. The van der Waals surface area contributed by atoms with Crippen molar-refractivity contribution in [2.75, 3.05) is 31.9 Å². The van der Waals surface area contributed by atoms with Crippen LogP contribution in [0.25, 0.3) is 0 Å². The van der Waals surface area contributed by atoms with Gasteiger partial charge in [0.05, 0.1) is 5.69 Å². The van der Waals surface area contributed by atoms with E-state index in [9.17, 15) is 9.50 Å². The van der Waals surface area contributed by atoms with E-state index in [1.165, 1.54) is 25.0 Å². The number of hydrogen-bond donors (Lipinski definition) is 3. The number of hydrogen-bond acceptors (Lipinski definition) is 4. The number of rotatable bonds is 3. The molecule has 1 heterocycles. The minimum Gasteiger partial charge on any atom is -0.505 e. The Morgan fingerprint density at radius 2 is 1.90 bits per heavy atom. The van der Waals surface area contributed by atoms with Crippen LogP contribution < -0.4 is 11.1 Å². The Kier molecular flexibility index (Phi) is 4.31. The average molecular weight is 293 g/mol. The summed E-state index contributed by atoms with van der Waals surface area (Å²) in [5, 5.41) is 13.7. The number of aromatic hydroxyl groups is 1. The Morgan fingerprint density at radius 3 is 2.57 bits per heavy atom. The van der Waals surface area contributed by atoms with Crippen molar-refractivity contribution in [1.82, 2.24) is 10.2 Å². The molecule has 1 saturated heterocycles. The third-order valence-electron chi connectivity index (χ3n) is 4.84. The summed E-state index contributed by atoms with van der Waals surface area (Å²) < 4.78 is 13.8. The number of nitrogens with two attached hydrogens (primary N) is 1. The molecule has 0 aromatic heterocycles. The molecule has 1 saturated carbocycles. The van der Waals surface area contributed by atoms with Crippen LogP contribution in [0.5, 0.6) is 5.75 Å². The zero-order chi connectivity index (χ0) is 14.8. The van der Waals surface area contributed by atoms with E-state index >= 15 is 0 Å². The second-order valence-corrected chi connectivity index (χ2v) is 6.21. The first-order valence-electron chi connectivity index (χ1n) is 7.89. The largest absolute Gasteiger partial charge is 0.505 e. The van der Waals surface area contributed by atoms with Crippen molar-refractivity contribution in [1.29, 1.82) is 0 Å². The molecule has 0 unspecified atom stereocenters. The molecule has 3 rings (SSSR count). The highest BCUT2D eigenvalue weighted by molar-refractivity contribution is 5.57. The van der Waals surface area contributed by atoms with E-state index in [-0.39, 0.29) is 23.3 Å². The van der Waals surface area contributed by atoms with Gasteiger partial charge in [-0.05, 0) is 24.8 Å². The molecule has 116 valence electrons. The molecule has 1 aliphatic heterocycles. The number of phenols is 1.